The van der Waals surface area contributed by atoms with E-state index in [0.717, 1.165) is 5.39 Å². The fraction of sp³-hybridized carbons (Fsp3) is 0. The van der Waals surface area contributed by atoms with Crippen molar-refractivity contribution in [2.24, 2.45) is 0 Å². The van der Waals surface area contributed by atoms with Crippen molar-refractivity contribution >= 4 is 22.1 Å². The molecule has 0 spiro atoms. The van der Waals surface area contributed by atoms with Crippen LogP contribution in [0.25, 0.3) is 22.1 Å². The first-order valence-corrected chi connectivity index (χ1v) is 6.20. The summed E-state index contributed by atoms with van der Waals surface area (Å²) in [6, 6.07) is 10.1. The largest absolute Gasteiger partial charge is 0.463 e. The summed E-state index contributed by atoms with van der Waals surface area (Å²) in [5.74, 6) is 0. The minimum atomic E-state index is -0.339. The van der Waals surface area contributed by atoms with Crippen LogP contribution in [0.3, 0.4) is 0 Å². The highest BCUT2D eigenvalue weighted by Crippen LogP contribution is 2.08. The van der Waals surface area contributed by atoms with E-state index in [4.69, 9.17) is 8.83 Å². The number of nitrogens with zero attached hydrogens (tertiary/aromatic N) is 2. The van der Waals surface area contributed by atoms with Gasteiger partial charge in [-0.3, -0.25) is 9.78 Å². The lowest BCUT2D eigenvalue weighted by Crippen LogP contribution is -2.04. The number of aromatic nitrogens is 3. The maximum atomic E-state index is 11.3. The molecule has 3 rings (SSSR count). The Morgan fingerprint density at radius 1 is 1.00 bits per heavy atom. The Labute approximate surface area is 118 Å². The van der Waals surface area contributed by atoms with Crippen LogP contribution in [-0.2, 0) is 0 Å². The second-order valence-electron chi connectivity index (χ2n) is 4.12. The molecule has 0 atom stereocenters. The topological polar surface area (TPSA) is 84.9 Å². The summed E-state index contributed by atoms with van der Waals surface area (Å²) in [6.07, 6.45) is 6.25. The molecule has 1 N–H and O–H groups in total. The third kappa shape index (κ3) is 3.06. The Bertz CT molecular complexity index is 937. The second kappa shape index (κ2) is 5.87. The lowest BCUT2D eigenvalue weighted by molar-refractivity contribution is 0.598. The lowest BCUT2D eigenvalue weighted by Gasteiger charge is -1.91. The minimum absolute atomic E-state index is 0.339. The van der Waals surface area contributed by atoms with Crippen molar-refractivity contribution in [1.29, 1.82) is 0 Å². The van der Waals surface area contributed by atoms with Crippen LogP contribution < -0.4 is 5.56 Å². The van der Waals surface area contributed by atoms with Crippen molar-refractivity contribution < 1.29 is 8.83 Å². The lowest BCUT2D eigenvalue weighted by atomic mass is 10.3. The van der Waals surface area contributed by atoms with Gasteiger partial charge in [0.25, 0.3) is 5.56 Å². The molecular formula is C15H11N3O3. The molecule has 104 valence electrons. The molecule has 0 aromatic carbocycles. The highest BCUT2D eigenvalue weighted by molar-refractivity contribution is 5.74. The van der Waals surface area contributed by atoms with Gasteiger partial charge in [-0.1, -0.05) is 12.1 Å². The molecule has 3 aromatic rings. The van der Waals surface area contributed by atoms with Gasteiger partial charge in [-0.25, -0.2) is 5.10 Å². The molecule has 0 unspecified atom stereocenters. The van der Waals surface area contributed by atoms with Gasteiger partial charge in [-0.15, -0.1) is 0 Å². The van der Waals surface area contributed by atoms with E-state index in [1.807, 2.05) is 12.1 Å². The monoisotopic (exact) mass is 281 g/mol. The SMILES string of the molecule is O=c1cc2occccc3ccncc3occc2n[nH]1. The van der Waals surface area contributed by atoms with Gasteiger partial charge in [0.2, 0.25) is 0 Å². The van der Waals surface area contributed by atoms with E-state index in [2.05, 4.69) is 15.2 Å². The van der Waals surface area contributed by atoms with Gasteiger partial charge >= 0.3 is 0 Å². The molecule has 0 fully saturated rings. The number of rotatable bonds is 0. The van der Waals surface area contributed by atoms with Crippen LogP contribution in [0.5, 0.6) is 0 Å². The van der Waals surface area contributed by atoms with Gasteiger partial charge in [-0.05, 0) is 12.1 Å². The van der Waals surface area contributed by atoms with E-state index in [1.165, 1.54) is 18.6 Å². The van der Waals surface area contributed by atoms with Crippen molar-refractivity contribution in [2.75, 3.05) is 0 Å². The zero-order valence-corrected chi connectivity index (χ0v) is 10.9. The summed E-state index contributed by atoms with van der Waals surface area (Å²) < 4.78 is 10.9. The summed E-state index contributed by atoms with van der Waals surface area (Å²) in [7, 11) is 0. The predicted octanol–water partition coefficient (Wildman–Crippen LogP) is 2.91. The average Bonchev–Trinajstić information content (AvgIpc) is 2.49. The summed E-state index contributed by atoms with van der Waals surface area (Å²) in [5.41, 5.74) is 1.07. The molecule has 0 bridgehead atoms. The Kier molecular flexibility index (Phi) is 3.60. The molecular weight excluding hydrogens is 270 g/mol. The minimum Gasteiger partial charge on any atom is -0.463 e. The third-order valence-corrected chi connectivity index (χ3v) is 2.70. The highest BCUT2D eigenvalue weighted by atomic mass is 16.3. The third-order valence-electron chi connectivity index (χ3n) is 2.70. The van der Waals surface area contributed by atoms with Crippen molar-refractivity contribution in [3.8, 4) is 0 Å². The normalized spacial score (nSPS) is 10.1. The Morgan fingerprint density at radius 2 is 1.90 bits per heavy atom. The molecule has 0 amide bonds. The quantitative estimate of drug-likeness (QED) is 0.684. The van der Waals surface area contributed by atoms with Crippen LogP contribution in [0.4, 0.5) is 0 Å². The first-order chi connectivity index (χ1) is 10.3. The fourth-order valence-electron chi connectivity index (χ4n) is 1.73. The Morgan fingerprint density at radius 3 is 2.86 bits per heavy atom. The smallest absolute Gasteiger partial charge is 0.267 e. The Balaban J connectivity index is 2.36. The zero-order chi connectivity index (χ0) is 14.5. The fourth-order valence-corrected chi connectivity index (χ4v) is 1.73. The highest BCUT2D eigenvalue weighted by Gasteiger charge is 1.93. The van der Waals surface area contributed by atoms with Crippen LogP contribution >= 0.6 is 0 Å². The molecule has 0 radical (unpaired) electrons. The number of nitrogens with one attached hydrogen (secondary N) is 1. The van der Waals surface area contributed by atoms with Gasteiger partial charge in [0.15, 0.2) is 11.2 Å². The number of H-pyrrole nitrogens is 1. The number of hydrogen-bond acceptors (Lipinski definition) is 5. The van der Waals surface area contributed by atoms with Crippen molar-refractivity contribution in [2.45, 2.75) is 0 Å². The summed E-state index contributed by atoms with van der Waals surface area (Å²) in [6.45, 7) is 0. The summed E-state index contributed by atoms with van der Waals surface area (Å²) >= 11 is 0. The maximum absolute atomic E-state index is 11.3. The second-order valence-corrected chi connectivity index (χ2v) is 4.12. The van der Waals surface area contributed by atoms with E-state index < -0.39 is 0 Å². The van der Waals surface area contributed by atoms with Crippen LogP contribution in [0.15, 0.2) is 74.9 Å². The van der Waals surface area contributed by atoms with Crippen LogP contribution in [0, 0.1) is 0 Å². The van der Waals surface area contributed by atoms with Crippen molar-refractivity contribution in [3.05, 3.63) is 71.7 Å². The van der Waals surface area contributed by atoms with Crippen molar-refractivity contribution in [1.82, 2.24) is 15.2 Å². The van der Waals surface area contributed by atoms with E-state index in [1.54, 1.807) is 30.6 Å². The number of pyridine rings is 1. The van der Waals surface area contributed by atoms with Gasteiger partial charge in [0.05, 0.1) is 18.7 Å². The molecule has 0 aliphatic rings. The van der Waals surface area contributed by atoms with E-state index in [0.29, 0.717) is 16.7 Å². The number of fused-ring (bicyclic) bond motifs is 2. The molecule has 3 aromatic heterocycles. The number of aromatic amines is 1. The molecule has 0 aliphatic carbocycles. The van der Waals surface area contributed by atoms with E-state index in [9.17, 15) is 4.79 Å². The standard InChI is InChI=1S/C15H11N3O3/c19-15-9-13-12(17-18-15)5-8-21-14-10-16-6-4-11(14)3-1-2-7-20-13/h1-10H,(H,18,19). The van der Waals surface area contributed by atoms with Gasteiger partial charge in [0.1, 0.15) is 5.52 Å². The molecule has 6 nitrogen and oxygen atoms in total. The van der Waals surface area contributed by atoms with Crippen LogP contribution in [0.1, 0.15) is 0 Å². The first kappa shape index (κ1) is 12.9. The summed E-state index contributed by atoms with van der Waals surface area (Å²) in [5, 5.41) is 7.14. The molecule has 3 heterocycles. The maximum Gasteiger partial charge on any atom is 0.267 e. The predicted molar refractivity (Wildman–Crippen MR) is 77.5 cm³/mol. The van der Waals surface area contributed by atoms with Crippen molar-refractivity contribution in [3.63, 3.8) is 0 Å². The van der Waals surface area contributed by atoms with Crippen LogP contribution in [-0.4, -0.2) is 15.2 Å². The average molecular weight is 281 g/mol. The molecule has 0 saturated carbocycles. The number of hydrogen-bond donors (Lipinski definition) is 1. The van der Waals surface area contributed by atoms with E-state index in [-0.39, 0.29) is 5.56 Å². The van der Waals surface area contributed by atoms with E-state index >= 15 is 0 Å². The van der Waals surface area contributed by atoms with Gasteiger partial charge < -0.3 is 8.83 Å². The molecule has 21 heavy (non-hydrogen) atoms. The zero-order valence-electron chi connectivity index (χ0n) is 10.9. The first-order valence-electron chi connectivity index (χ1n) is 6.20. The summed E-state index contributed by atoms with van der Waals surface area (Å²) in [4.78, 5) is 15.3. The van der Waals surface area contributed by atoms with Crippen LogP contribution in [0.2, 0.25) is 0 Å². The van der Waals surface area contributed by atoms with Gasteiger partial charge in [0, 0.05) is 23.7 Å². The molecule has 0 saturated heterocycles. The molecule has 6 heteroatoms. The van der Waals surface area contributed by atoms with Gasteiger partial charge in [-0.2, -0.15) is 5.10 Å². The molecule has 0 aliphatic heterocycles. The Hall–Kier alpha value is -3.15.